The lowest BCUT2D eigenvalue weighted by Gasteiger charge is -2.13. The average molecular weight is 244 g/mol. The maximum Gasteiger partial charge on any atom is 0.419 e. The molecule has 2 nitrogen and oxygen atoms in total. The van der Waals surface area contributed by atoms with Crippen molar-refractivity contribution < 1.29 is 22.7 Å². The van der Waals surface area contributed by atoms with Gasteiger partial charge < -0.3 is 9.53 Å². The minimum Gasteiger partial charge on any atom is -0.493 e. The summed E-state index contributed by atoms with van der Waals surface area (Å²) in [5, 5.41) is 0. The number of halogens is 3. The number of hydrogen-bond donors (Lipinski definition) is 0. The summed E-state index contributed by atoms with van der Waals surface area (Å²) in [5.41, 5.74) is -0.775. The van der Waals surface area contributed by atoms with Crippen LogP contribution in [0, 0.1) is 11.8 Å². The van der Waals surface area contributed by atoms with Gasteiger partial charge in [-0.05, 0) is 18.6 Å². The van der Waals surface area contributed by atoms with Gasteiger partial charge in [-0.2, -0.15) is 13.2 Å². The van der Waals surface area contributed by atoms with Crippen molar-refractivity contribution in [3.05, 3.63) is 29.8 Å². The fourth-order valence-corrected chi connectivity index (χ4v) is 1.65. The largest absolute Gasteiger partial charge is 0.493 e. The van der Waals surface area contributed by atoms with Crippen LogP contribution in [-0.4, -0.2) is 12.9 Å². The number of hydrogen-bond acceptors (Lipinski definition) is 2. The van der Waals surface area contributed by atoms with Crippen LogP contribution in [0.3, 0.4) is 0 Å². The fraction of sp³-hybridized carbons (Fsp3) is 0.417. The number of para-hydroxylation sites is 1. The van der Waals surface area contributed by atoms with E-state index < -0.39 is 11.7 Å². The molecule has 1 aliphatic carbocycles. The molecule has 0 aliphatic heterocycles. The van der Waals surface area contributed by atoms with Gasteiger partial charge in [0, 0.05) is 11.8 Å². The number of ether oxygens (including phenoxy) is 1. The third-order valence-corrected chi connectivity index (χ3v) is 2.80. The lowest BCUT2D eigenvalue weighted by atomic mass is 10.2. The highest BCUT2D eigenvalue weighted by molar-refractivity contribution is 5.58. The molecule has 92 valence electrons. The average Bonchev–Trinajstić information content (AvgIpc) is 3.04. The maximum atomic E-state index is 12.6. The Hall–Kier alpha value is -1.52. The molecule has 2 rings (SSSR count). The molecule has 1 aromatic rings. The molecule has 5 heteroatoms. The van der Waals surface area contributed by atoms with Gasteiger partial charge in [0.05, 0.1) is 12.2 Å². The van der Waals surface area contributed by atoms with E-state index in [1.807, 2.05) is 0 Å². The highest BCUT2D eigenvalue weighted by Crippen LogP contribution is 2.39. The van der Waals surface area contributed by atoms with Gasteiger partial charge in [-0.3, -0.25) is 0 Å². The molecule has 0 heterocycles. The third-order valence-electron chi connectivity index (χ3n) is 2.80. The molecule has 0 spiro atoms. The summed E-state index contributed by atoms with van der Waals surface area (Å²) in [6, 6.07) is 5.09. The van der Waals surface area contributed by atoms with Crippen LogP contribution in [0.15, 0.2) is 24.3 Å². The summed E-state index contributed by atoms with van der Waals surface area (Å²) in [4.78, 5) is 10.4. The molecule has 0 radical (unpaired) electrons. The van der Waals surface area contributed by atoms with E-state index in [9.17, 15) is 18.0 Å². The Labute approximate surface area is 96.4 Å². The van der Waals surface area contributed by atoms with Crippen molar-refractivity contribution in [1.29, 1.82) is 0 Å². The standard InChI is InChI=1S/C12H11F3O2/c13-12(14,15)10-3-1-2-4-11(10)17-7-9-5-8(9)6-16/h1-4,6,8-9H,5,7H2. The topological polar surface area (TPSA) is 26.3 Å². The number of rotatable bonds is 4. The van der Waals surface area contributed by atoms with Gasteiger partial charge in [0.15, 0.2) is 0 Å². The first-order valence-corrected chi connectivity index (χ1v) is 5.26. The molecule has 0 amide bonds. The molecule has 1 fully saturated rings. The smallest absolute Gasteiger partial charge is 0.419 e. The number of carbonyl (C=O) groups excluding carboxylic acids is 1. The molecule has 1 aromatic carbocycles. The van der Waals surface area contributed by atoms with Gasteiger partial charge in [-0.25, -0.2) is 0 Å². The van der Waals surface area contributed by atoms with Gasteiger partial charge in [-0.15, -0.1) is 0 Å². The van der Waals surface area contributed by atoms with Crippen LogP contribution >= 0.6 is 0 Å². The normalized spacial score (nSPS) is 23.2. The van der Waals surface area contributed by atoms with Crippen LogP contribution in [-0.2, 0) is 11.0 Å². The van der Waals surface area contributed by atoms with Crippen molar-refractivity contribution in [3.63, 3.8) is 0 Å². The zero-order valence-electron chi connectivity index (χ0n) is 8.91. The highest BCUT2D eigenvalue weighted by Gasteiger charge is 2.38. The van der Waals surface area contributed by atoms with Crippen molar-refractivity contribution in [1.82, 2.24) is 0 Å². The van der Waals surface area contributed by atoms with E-state index >= 15 is 0 Å². The van der Waals surface area contributed by atoms with Gasteiger partial charge in [0.1, 0.15) is 12.0 Å². The Morgan fingerprint density at radius 1 is 1.35 bits per heavy atom. The number of aldehydes is 1. The number of alkyl halides is 3. The van der Waals surface area contributed by atoms with Crippen LogP contribution in [0.4, 0.5) is 13.2 Å². The predicted molar refractivity (Wildman–Crippen MR) is 54.6 cm³/mol. The summed E-state index contributed by atoms with van der Waals surface area (Å²) in [7, 11) is 0. The Bertz CT molecular complexity index is 414. The molecule has 0 saturated heterocycles. The van der Waals surface area contributed by atoms with E-state index in [4.69, 9.17) is 4.74 Å². The second kappa shape index (κ2) is 4.39. The predicted octanol–water partition coefficient (Wildman–Crippen LogP) is 2.92. The monoisotopic (exact) mass is 244 g/mol. The summed E-state index contributed by atoms with van der Waals surface area (Å²) >= 11 is 0. The van der Waals surface area contributed by atoms with E-state index in [-0.39, 0.29) is 24.2 Å². The van der Waals surface area contributed by atoms with Gasteiger partial charge in [0.2, 0.25) is 0 Å². The molecule has 1 saturated carbocycles. The molecular weight excluding hydrogens is 233 g/mol. The molecule has 0 aromatic heterocycles. The zero-order valence-corrected chi connectivity index (χ0v) is 8.91. The fourth-order valence-electron chi connectivity index (χ4n) is 1.65. The Morgan fingerprint density at radius 3 is 2.65 bits per heavy atom. The number of benzene rings is 1. The van der Waals surface area contributed by atoms with Crippen molar-refractivity contribution >= 4 is 6.29 Å². The Kier molecular flexibility index (Phi) is 3.09. The quantitative estimate of drug-likeness (QED) is 0.761. The molecule has 2 atom stereocenters. The first-order chi connectivity index (χ1) is 8.02. The summed E-state index contributed by atoms with van der Waals surface area (Å²) in [6.45, 7) is 0.163. The zero-order chi connectivity index (χ0) is 12.5. The first-order valence-electron chi connectivity index (χ1n) is 5.26. The molecule has 2 unspecified atom stereocenters. The van der Waals surface area contributed by atoms with E-state index in [0.29, 0.717) is 6.42 Å². The minimum absolute atomic E-state index is 0.0481. The Morgan fingerprint density at radius 2 is 2.06 bits per heavy atom. The van der Waals surface area contributed by atoms with Gasteiger partial charge >= 0.3 is 6.18 Å². The van der Waals surface area contributed by atoms with E-state index in [1.165, 1.54) is 18.2 Å². The van der Waals surface area contributed by atoms with Crippen LogP contribution in [0.5, 0.6) is 5.75 Å². The minimum atomic E-state index is -4.41. The molecular formula is C12H11F3O2. The SMILES string of the molecule is O=CC1CC1COc1ccccc1C(F)(F)F. The third kappa shape index (κ3) is 2.78. The van der Waals surface area contributed by atoms with Crippen molar-refractivity contribution in [2.75, 3.05) is 6.61 Å². The number of carbonyl (C=O) groups is 1. The maximum absolute atomic E-state index is 12.6. The first kappa shape index (κ1) is 12.0. The van der Waals surface area contributed by atoms with Crippen LogP contribution in [0.1, 0.15) is 12.0 Å². The molecule has 0 bridgehead atoms. The van der Waals surface area contributed by atoms with E-state index in [0.717, 1.165) is 12.4 Å². The van der Waals surface area contributed by atoms with Crippen molar-refractivity contribution in [3.8, 4) is 5.75 Å². The van der Waals surface area contributed by atoms with Gasteiger partial charge in [-0.1, -0.05) is 12.1 Å². The van der Waals surface area contributed by atoms with Crippen LogP contribution in [0.2, 0.25) is 0 Å². The van der Waals surface area contributed by atoms with E-state index in [2.05, 4.69) is 0 Å². The van der Waals surface area contributed by atoms with Crippen molar-refractivity contribution in [2.24, 2.45) is 11.8 Å². The van der Waals surface area contributed by atoms with Crippen LogP contribution in [0.25, 0.3) is 0 Å². The van der Waals surface area contributed by atoms with Crippen LogP contribution < -0.4 is 4.74 Å². The molecule has 0 N–H and O–H groups in total. The summed E-state index contributed by atoms with van der Waals surface area (Å²) in [6.07, 6.45) is -2.88. The van der Waals surface area contributed by atoms with Gasteiger partial charge in [0.25, 0.3) is 0 Å². The molecule has 17 heavy (non-hydrogen) atoms. The van der Waals surface area contributed by atoms with E-state index in [1.54, 1.807) is 0 Å². The molecule has 1 aliphatic rings. The lowest BCUT2D eigenvalue weighted by molar-refractivity contribution is -0.139. The highest BCUT2D eigenvalue weighted by atomic mass is 19.4. The second-order valence-electron chi connectivity index (χ2n) is 4.10. The second-order valence-corrected chi connectivity index (χ2v) is 4.10. The lowest BCUT2D eigenvalue weighted by Crippen LogP contribution is -2.10. The van der Waals surface area contributed by atoms with Crippen molar-refractivity contribution in [2.45, 2.75) is 12.6 Å². The Balaban J connectivity index is 2.03. The summed E-state index contributed by atoms with van der Waals surface area (Å²) < 4.78 is 42.9. The summed E-state index contributed by atoms with van der Waals surface area (Å²) in [5.74, 6) is -0.154.